The van der Waals surface area contributed by atoms with Gasteiger partial charge in [0.1, 0.15) is 0 Å². The molecule has 0 spiro atoms. The molecule has 1 fully saturated rings. The molecule has 1 unspecified atom stereocenters. The number of nitrogens with zero attached hydrogens (tertiary/aromatic N) is 3. The molecule has 2 rings (SSSR count). The van der Waals surface area contributed by atoms with E-state index in [1.807, 2.05) is 0 Å². The van der Waals surface area contributed by atoms with Gasteiger partial charge < -0.3 is 5.32 Å². The molecule has 0 aromatic carbocycles. The van der Waals surface area contributed by atoms with Crippen molar-refractivity contribution in [2.75, 3.05) is 19.6 Å². The summed E-state index contributed by atoms with van der Waals surface area (Å²) in [6.07, 6.45) is 4.36. The zero-order valence-electron chi connectivity index (χ0n) is 14.0. The van der Waals surface area contributed by atoms with Crippen LogP contribution < -0.4 is 5.32 Å². The number of rotatable bonds is 6. The highest BCUT2D eigenvalue weighted by Crippen LogP contribution is 2.37. The molecule has 4 nitrogen and oxygen atoms in total. The van der Waals surface area contributed by atoms with Crippen molar-refractivity contribution in [2.45, 2.75) is 65.1 Å². The predicted octanol–water partition coefficient (Wildman–Crippen LogP) is 3.64. The summed E-state index contributed by atoms with van der Waals surface area (Å²) in [5, 5.41) is 8.90. The molecular formula is C16H29ClN4. The summed E-state index contributed by atoms with van der Waals surface area (Å²) >= 11 is 6.49. The minimum Gasteiger partial charge on any atom is -0.307 e. The average Bonchev–Trinajstić information content (AvgIpc) is 3.05. The molecule has 0 amide bonds. The van der Waals surface area contributed by atoms with E-state index in [2.05, 4.69) is 54.6 Å². The SMILES string of the molecule is CCNC(c1c(Cl)cnn1C(C)C)C(C)(C)N1CCCC1. The summed E-state index contributed by atoms with van der Waals surface area (Å²) in [7, 11) is 0. The topological polar surface area (TPSA) is 33.1 Å². The maximum absolute atomic E-state index is 6.49. The van der Waals surface area contributed by atoms with Crippen molar-refractivity contribution < 1.29 is 0 Å². The van der Waals surface area contributed by atoms with Crippen LogP contribution in [0.3, 0.4) is 0 Å². The number of halogens is 1. The van der Waals surface area contributed by atoms with Crippen molar-refractivity contribution in [2.24, 2.45) is 0 Å². The lowest BCUT2D eigenvalue weighted by Gasteiger charge is -2.43. The van der Waals surface area contributed by atoms with Crippen molar-refractivity contribution >= 4 is 11.6 Å². The smallest absolute Gasteiger partial charge is 0.0835 e. The Balaban J connectivity index is 2.40. The fraction of sp³-hybridized carbons (Fsp3) is 0.812. The Morgan fingerprint density at radius 3 is 2.48 bits per heavy atom. The lowest BCUT2D eigenvalue weighted by molar-refractivity contribution is 0.103. The van der Waals surface area contributed by atoms with Gasteiger partial charge in [0.15, 0.2) is 0 Å². The van der Waals surface area contributed by atoms with Crippen LogP contribution in [-0.4, -0.2) is 39.9 Å². The van der Waals surface area contributed by atoms with Gasteiger partial charge in [0, 0.05) is 11.6 Å². The molecule has 21 heavy (non-hydrogen) atoms. The summed E-state index contributed by atoms with van der Waals surface area (Å²) in [6, 6.07) is 0.487. The first-order valence-corrected chi connectivity index (χ1v) is 8.48. The summed E-state index contributed by atoms with van der Waals surface area (Å²) in [5.41, 5.74) is 1.13. The van der Waals surface area contributed by atoms with E-state index >= 15 is 0 Å². The van der Waals surface area contributed by atoms with Crippen molar-refractivity contribution in [1.29, 1.82) is 0 Å². The van der Waals surface area contributed by atoms with Crippen LogP contribution >= 0.6 is 11.6 Å². The lowest BCUT2D eigenvalue weighted by Crippen LogP contribution is -2.52. The summed E-state index contributed by atoms with van der Waals surface area (Å²) < 4.78 is 2.06. The molecule has 1 aromatic heterocycles. The molecule has 5 heteroatoms. The molecule has 1 aliphatic rings. The molecule has 2 heterocycles. The first kappa shape index (κ1) is 16.8. The van der Waals surface area contributed by atoms with Crippen LogP contribution in [0.15, 0.2) is 6.20 Å². The van der Waals surface area contributed by atoms with Crippen molar-refractivity contribution in [3.63, 3.8) is 0 Å². The van der Waals surface area contributed by atoms with Crippen molar-refractivity contribution in [3.05, 3.63) is 16.9 Å². The fourth-order valence-electron chi connectivity index (χ4n) is 3.39. The number of likely N-dealkylation sites (tertiary alicyclic amines) is 1. The minimum atomic E-state index is 0.0167. The van der Waals surface area contributed by atoms with Crippen LogP contribution in [-0.2, 0) is 0 Å². The van der Waals surface area contributed by atoms with Gasteiger partial charge in [-0.05, 0) is 60.2 Å². The van der Waals surface area contributed by atoms with Gasteiger partial charge in [0.2, 0.25) is 0 Å². The number of hydrogen-bond donors (Lipinski definition) is 1. The highest BCUT2D eigenvalue weighted by Gasteiger charge is 2.40. The van der Waals surface area contributed by atoms with Crippen LogP contribution in [0.4, 0.5) is 0 Å². The maximum Gasteiger partial charge on any atom is 0.0835 e. The first-order valence-electron chi connectivity index (χ1n) is 8.11. The van der Waals surface area contributed by atoms with Crippen molar-refractivity contribution in [3.8, 4) is 0 Å². The second-order valence-electron chi connectivity index (χ2n) is 6.75. The number of likely N-dealkylation sites (N-methyl/N-ethyl adjacent to an activating group) is 1. The number of nitrogens with one attached hydrogen (secondary N) is 1. The average molecular weight is 313 g/mol. The van der Waals surface area contributed by atoms with Crippen molar-refractivity contribution in [1.82, 2.24) is 20.0 Å². The largest absolute Gasteiger partial charge is 0.307 e. The van der Waals surface area contributed by atoms with E-state index in [0.717, 1.165) is 17.3 Å². The zero-order valence-corrected chi connectivity index (χ0v) is 14.7. The van der Waals surface area contributed by atoms with E-state index in [1.54, 1.807) is 6.20 Å². The normalized spacial score (nSPS) is 18.6. The number of hydrogen-bond acceptors (Lipinski definition) is 3. The second kappa shape index (κ2) is 6.67. The van der Waals surface area contributed by atoms with Gasteiger partial charge >= 0.3 is 0 Å². The summed E-state index contributed by atoms with van der Waals surface area (Å²) in [4.78, 5) is 2.58. The van der Waals surface area contributed by atoms with Crippen LogP contribution in [0.5, 0.6) is 0 Å². The Bertz CT molecular complexity index is 461. The van der Waals surface area contributed by atoms with E-state index in [0.29, 0.717) is 6.04 Å². The highest BCUT2D eigenvalue weighted by atomic mass is 35.5. The van der Waals surface area contributed by atoms with Gasteiger partial charge in [0.05, 0.1) is 23.0 Å². The molecule has 0 radical (unpaired) electrons. The Morgan fingerprint density at radius 2 is 1.95 bits per heavy atom. The van der Waals surface area contributed by atoms with E-state index in [-0.39, 0.29) is 11.6 Å². The van der Waals surface area contributed by atoms with E-state index in [1.165, 1.54) is 25.9 Å². The Hall–Kier alpha value is -0.580. The van der Waals surface area contributed by atoms with Gasteiger partial charge in [-0.25, -0.2) is 0 Å². The monoisotopic (exact) mass is 312 g/mol. The van der Waals surface area contributed by atoms with E-state index in [4.69, 9.17) is 11.6 Å². The molecule has 120 valence electrons. The van der Waals surface area contributed by atoms with Crippen LogP contribution in [0, 0.1) is 0 Å². The summed E-state index contributed by atoms with van der Waals surface area (Å²) in [5.74, 6) is 0. The van der Waals surface area contributed by atoms with Crippen LogP contribution in [0.2, 0.25) is 5.02 Å². The van der Waals surface area contributed by atoms with E-state index in [9.17, 15) is 0 Å². The molecule has 1 aromatic rings. The zero-order chi connectivity index (χ0) is 15.6. The molecule has 0 bridgehead atoms. The molecule has 1 saturated heterocycles. The van der Waals surface area contributed by atoms with Crippen LogP contribution in [0.1, 0.15) is 65.2 Å². The first-order chi connectivity index (χ1) is 9.89. The number of aromatic nitrogens is 2. The fourth-order valence-corrected chi connectivity index (χ4v) is 3.63. The lowest BCUT2D eigenvalue weighted by atomic mass is 9.89. The molecule has 0 aliphatic carbocycles. The quantitative estimate of drug-likeness (QED) is 0.870. The Kier molecular flexibility index (Phi) is 5.33. The molecule has 1 aliphatic heterocycles. The van der Waals surface area contributed by atoms with Crippen LogP contribution in [0.25, 0.3) is 0 Å². The minimum absolute atomic E-state index is 0.0167. The maximum atomic E-state index is 6.49. The molecule has 1 atom stereocenters. The van der Waals surface area contributed by atoms with Gasteiger partial charge in [-0.15, -0.1) is 0 Å². The standard InChI is InChI=1S/C16H29ClN4/c1-6-18-15(16(4,5)20-9-7-8-10-20)14-13(17)11-19-21(14)12(2)3/h11-12,15,18H,6-10H2,1-5H3. The van der Waals surface area contributed by atoms with Gasteiger partial charge in [-0.2, -0.15) is 5.10 Å². The molecule has 0 saturated carbocycles. The van der Waals surface area contributed by atoms with E-state index < -0.39 is 0 Å². The van der Waals surface area contributed by atoms with Gasteiger partial charge in [0.25, 0.3) is 0 Å². The second-order valence-corrected chi connectivity index (χ2v) is 7.16. The predicted molar refractivity (Wildman–Crippen MR) is 88.9 cm³/mol. The molecule has 1 N–H and O–H groups in total. The third-order valence-electron chi connectivity index (χ3n) is 4.59. The Labute approximate surface area is 133 Å². The van der Waals surface area contributed by atoms with Gasteiger partial charge in [-0.1, -0.05) is 18.5 Å². The van der Waals surface area contributed by atoms with Gasteiger partial charge in [-0.3, -0.25) is 9.58 Å². The third-order valence-corrected chi connectivity index (χ3v) is 4.88. The third kappa shape index (κ3) is 3.27. The Morgan fingerprint density at radius 1 is 1.33 bits per heavy atom. The molecular weight excluding hydrogens is 284 g/mol. The highest BCUT2D eigenvalue weighted by molar-refractivity contribution is 6.31. The summed E-state index contributed by atoms with van der Waals surface area (Å²) in [6.45, 7) is 14.3.